The number of thiazole rings is 1. The molecule has 0 unspecified atom stereocenters. The van der Waals surface area contributed by atoms with Gasteiger partial charge in [-0.3, -0.25) is 10.1 Å². The third kappa shape index (κ3) is 4.22. The third-order valence-electron chi connectivity index (χ3n) is 2.77. The summed E-state index contributed by atoms with van der Waals surface area (Å²) in [6.45, 7) is 7.03. The average Bonchev–Trinajstić information content (AvgIpc) is 2.94. The Kier molecular flexibility index (Phi) is 5.21. The van der Waals surface area contributed by atoms with Gasteiger partial charge in [0.05, 0.1) is 18.1 Å². The molecule has 0 aliphatic rings. The minimum absolute atomic E-state index is 0.276. The predicted molar refractivity (Wildman–Crippen MR) is 85.0 cm³/mol. The molecule has 0 atom stereocenters. The van der Waals surface area contributed by atoms with Crippen LogP contribution in [0.3, 0.4) is 0 Å². The summed E-state index contributed by atoms with van der Waals surface area (Å²) in [5.41, 5.74) is 1.25. The van der Waals surface area contributed by atoms with Crippen LogP contribution in [0.1, 0.15) is 49.3 Å². The molecular formula is C14H19N5OS. The molecule has 112 valence electrons. The minimum Gasteiger partial charge on any atom is -0.369 e. The number of nitrogens with zero attached hydrogens (tertiary/aromatic N) is 3. The maximum absolute atomic E-state index is 12.1. The lowest BCUT2D eigenvalue weighted by atomic mass is 10.2. The zero-order chi connectivity index (χ0) is 15.2. The van der Waals surface area contributed by atoms with Gasteiger partial charge in [-0.05, 0) is 12.3 Å². The summed E-state index contributed by atoms with van der Waals surface area (Å²) in [6, 6.07) is 0. The summed E-state index contributed by atoms with van der Waals surface area (Å²) >= 11 is 1.41. The summed E-state index contributed by atoms with van der Waals surface area (Å²) in [4.78, 5) is 24.7. The predicted octanol–water partition coefficient (Wildman–Crippen LogP) is 3.13. The summed E-state index contributed by atoms with van der Waals surface area (Å²) in [5, 5.41) is 8.38. The second-order valence-electron chi connectivity index (χ2n) is 4.90. The highest BCUT2D eigenvalue weighted by molar-refractivity contribution is 7.14. The van der Waals surface area contributed by atoms with E-state index in [0.717, 1.165) is 18.7 Å². The van der Waals surface area contributed by atoms with Crippen molar-refractivity contribution in [1.82, 2.24) is 15.0 Å². The van der Waals surface area contributed by atoms with Crippen LogP contribution in [-0.4, -0.2) is 27.4 Å². The first-order chi connectivity index (χ1) is 10.1. The molecule has 2 rings (SSSR count). The van der Waals surface area contributed by atoms with Gasteiger partial charge in [0.15, 0.2) is 5.13 Å². The van der Waals surface area contributed by atoms with Gasteiger partial charge in [0.25, 0.3) is 5.91 Å². The van der Waals surface area contributed by atoms with E-state index in [-0.39, 0.29) is 11.6 Å². The zero-order valence-electron chi connectivity index (χ0n) is 12.4. The number of nitrogens with one attached hydrogen (secondary N) is 2. The van der Waals surface area contributed by atoms with Crippen LogP contribution in [0.4, 0.5) is 10.9 Å². The molecule has 2 aromatic rings. The van der Waals surface area contributed by atoms with Gasteiger partial charge < -0.3 is 5.32 Å². The van der Waals surface area contributed by atoms with Crippen LogP contribution in [0.15, 0.2) is 17.8 Å². The van der Waals surface area contributed by atoms with Crippen molar-refractivity contribution in [1.29, 1.82) is 0 Å². The van der Waals surface area contributed by atoms with E-state index in [9.17, 15) is 4.79 Å². The van der Waals surface area contributed by atoms with Gasteiger partial charge in [0, 0.05) is 11.9 Å². The summed E-state index contributed by atoms with van der Waals surface area (Å²) < 4.78 is 0. The maximum atomic E-state index is 12.1. The second kappa shape index (κ2) is 7.12. The SMILES string of the molecule is CCCNc1cnc(C(=O)Nc2nc(C(C)C)cs2)cn1. The monoisotopic (exact) mass is 305 g/mol. The quantitative estimate of drug-likeness (QED) is 0.857. The highest BCUT2D eigenvalue weighted by atomic mass is 32.1. The number of aromatic nitrogens is 3. The van der Waals surface area contributed by atoms with Gasteiger partial charge >= 0.3 is 0 Å². The van der Waals surface area contributed by atoms with Crippen LogP contribution in [0.2, 0.25) is 0 Å². The molecule has 2 aromatic heterocycles. The summed E-state index contributed by atoms with van der Waals surface area (Å²) in [6.07, 6.45) is 4.03. The van der Waals surface area contributed by atoms with Crippen molar-refractivity contribution in [3.05, 3.63) is 29.2 Å². The van der Waals surface area contributed by atoms with E-state index in [0.29, 0.717) is 16.9 Å². The summed E-state index contributed by atoms with van der Waals surface area (Å²) in [5.74, 6) is 0.717. The Bertz CT molecular complexity index is 594. The van der Waals surface area contributed by atoms with Gasteiger partial charge in [-0.15, -0.1) is 11.3 Å². The number of rotatable bonds is 6. The van der Waals surface area contributed by atoms with Crippen LogP contribution >= 0.6 is 11.3 Å². The Hall–Kier alpha value is -2.02. The average molecular weight is 305 g/mol. The largest absolute Gasteiger partial charge is 0.369 e. The van der Waals surface area contributed by atoms with Gasteiger partial charge in [0.2, 0.25) is 0 Å². The van der Waals surface area contributed by atoms with Gasteiger partial charge in [-0.2, -0.15) is 0 Å². The molecule has 0 radical (unpaired) electrons. The van der Waals surface area contributed by atoms with E-state index in [1.165, 1.54) is 17.5 Å². The van der Waals surface area contributed by atoms with E-state index >= 15 is 0 Å². The van der Waals surface area contributed by atoms with Crippen molar-refractivity contribution in [3.8, 4) is 0 Å². The first kappa shape index (κ1) is 15.4. The van der Waals surface area contributed by atoms with Crippen molar-refractivity contribution in [2.75, 3.05) is 17.2 Å². The van der Waals surface area contributed by atoms with E-state index in [1.807, 2.05) is 5.38 Å². The molecule has 2 heterocycles. The third-order valence-corrected chi connectivity index (χ3v) is 3.55. The van der Waals surface area contributed by atoms with Crippen molar-refractivity contribution in [3.63, 3.8) is 0 Å². The highest BCUT2D eigenvalue weighted by Crippen LogP contribution is 2.21. The highest BCUT2D eigenvalue weighted by Gasteiger charge is 2.12. The number of carbonyl (C=O) groups excluding carboxylic acids is 1. The Labute approximate surface area is 128 Å². The van der Waals surface area contributed by atoms with Crippen molar-refractivity contribution in [2.24, 2.45) is 0 Å². The van der Waals surface area contributed by atoms with Crippen LogP contribution < -0.4 is 10.6 Å². The topological polar surface area (TPSA) is 79.8 Å². The van der Waals surface area contributed by atoms with Crippen molar-refractivity contribution >= 4 is 28.2 Å². The molecule has 0 aliphatic heterocycles. The smallest absolute Gasteiger partial charge is 0.277 e. The Morgan fingerprint density at radius 3 is 2.71 bits per heavy atom. The molecule has 0 spiro atoms. The molecule has 0 aliphatic carbocycles. The maximum Gasteiger partial charge on any atom is 0.277 e. The van der Waals surface area contributed by atoms with Crippen LogP contribution in [0.25, 0.3) is 0 Å². The van der Waals surface area contributed by atoms with Gasteiger partial charge in [0.1, 0.15) is 11.5 Å². The fraction of sp³-hybridized carbons (Fsp3) is 0.429. The molecule has 0 saturated heterocycles. The normalized spacial score (nSPS) is 10.7. The molecular weight excluding hydrogens is 286 g/mol. The number of hydrogen-bond donors (Lipinski definition) is 2. The summed E-state index contributed by atoms with van der Waals surface area (Å²) in [7, 11) is 0. The molecule has 2 N–H and O–H groups in total. The molecule has 0 bridgehead atoms. The zero-order valence-corrected chi connectivity index (χ0v) is 13.2. The molecule has 21 heavy (non-hydrogen) atoms. The number of anilines is 2. The first-order valence-corrected chi connectivity index (χ1v) is 7.80. The van der Waals surface area contributed by atoms with Crippen LogP contribution in [0.5, 0.6) is 0 Å². The van der Waals surface area contributed by atoms with E-state index in [1.54, 1.807) is 6.20 Å². The molecule has 0 saturated carbocycles. The Morgan fingerprint density at radius 1 is 1.33 bits per heavy atom. The molecule has 0 aromatic carbocycles. The lowest BCUT2D eigenvalue weighted by Gasteiger charge is -2.04. The first-order valence-electron chi connectivity index (χ1n) is 6.92. The number of amides is 1. The van der Waals surface area contributed by atoms with E-state index in [2.05, 4.69) is 46.4 Å². The lowest BCUT2D eigenvalue weighted by Crippen LogP contribution is -2.14. The second-order valence-corrected chi connectivity index (χ2v) is 5.76. The number of hydrogen-bond acceptors (Lipinski definition) is 6. The molecule has 1 amide bonds. The van der Waals surface area contributed by atoms with Crippen molar-refractivity contribution < 1.29 is 4.79 Å². The number of carbonyl (C=O) groups is 1. The standard InChI is InChI=1S/C14H19N5OS/c1-4-5-15-12-7-16-10(6-17-12)13(20)19-14-18-11(8-21-14)9(2)3/h6-9H,4-5H2,1-3H3,(H,15,17)(H,18,19,20). The van der Waals surface area contributed by atoms with Crippen LogP contribution in [0, 0.1) is 0 Å². The van der Waals surface area contributed by atoms with Crippen molar-refractivity contribution in [2.45, 2.75) is 33.1 Å². The molecule has 6 nitrogen and oxygen atoms in total. The molecule has 0 fully saturated rings. The Morgan fingerprint density at radius 2 is 2.14 bits per heavy atom. The van der Waals surface area contributed by atoms with Gasteiger partial charge in [-0.1, -0.05) is 20.8 Å². The van der Waals surface area contributed by atoms with Crippen LogP contribution in [-0.2, 0) is 0 Å². The lowest BCUT2D eigenvalue weighted by molar-refractivity contribution is 0.102. The van der Waals surface area contributed by atoms with Gasteiger partial charge in [-0.25, -0.2) is 15.0 Å². The van der Waals surface area contributed by atoms with E-state index < -0.39 is 0 Å². The Balaban J connectivity index is 1.99. The fourth-order valence-electron chi connectivity index (χ4n) is 1.56. The fourth-order valence-corrected chi connectivity index (χ4v) is 2.43. The minimum atomic E-state index is -0.297. The van der Waals surface area contributed by atoms with E-state index in [4.69, 9.17) is 0 Å². The molecule has 7 heteroatoms.